The van der Waals surface area contributed by atoms with Crippen LogP contribution in [0.15, 0.2) is 29.4 Å². The smallest absolute Gasteiger partial charge is 0.443 e. The zero-order chi connectivity index (χ0) is 29.3. The van der Waals surface area contributed by atoms with Gasteiger partial charge < -0.3 is 24.9 Å². The summed E-state index contributed by atoms with van der Waals surface area (Å²) in [6.45, 7) is 11.1. The fourth-order valence-electron chi connectivity index (χ4n) is 2.94. The van der Waals surface area contributed by atoms with Crippen LogP contribution in [0.4, 0.5) is 9.59 Å². The van der Waals surface area contributed by atoms with Crippen LogP contribution in [0.25, 0.3) is 10.9 Å². The van der Waals surface area contributed by atoms with Gasteiger partial charge in [0.05, 0.1) is 13.5 Å². The molecule has 1 aromatic heterocycles. The summed E-state index contributed by atoms with van der Waals surface area (Å²) in [7, 11) is 1.56. The van der Waals surface area contributed by atoms with E-state index in [-0.39, 0.29) is 16.8 Å². The highest BCUT2D eigenvalue weighted by Crippen LogP contribution is 2.24. The number of aromatic amines is 1. The number of carbonyl (C=O) groups excluding carboxylic acids is 3. The van der Waals surface area contributed by atoms with Crippen LogP contribution < -0.4 is 10.5 Å². The number of ether oxygens (including phenoxy) is 3. The average molecular weight is 568 g/mol. The number of methoxy groups -OCH3 is 1. The van der Waals surface area contributed by atoms with Crippen LogP contribution in [0, 0.1) is 5.41 Å². The molecular formula is C25H37N5O6S2. The average Bonchev–Trinajstić information content (AvgIpc) is 3.18. The Morgan fingerprint density at radius 3 is 2.24 bits per heavy atom. The number of rotatable bonds is 3. The molecule has 2 aromatic rings. The molecule has 0 spiro atoms. The molecule has 0 aliphatic heterocycles. The summed E-state index contributed by atoms with van der Waals surface area (Å²) in [6.07, 6.45) is 3.57. The molecule has 2 rings (SSSR count). The van der Waals surface area contributed by atoms with Crippen LogP contribution >= 0.6 is 23.5 Å². The highest BCUT2D eigenvalue weighted by Gasteiger charge is 2.33. The number of aromatic nitrogens is 1. The topological polar surface area (TPSA) is 160 Å². The Hall–Kier alpha value is -3.19. The van der Waals surface area contributed by atoms with Gasteiger partial charge in [0.2, 0.25) is 0 Å². The first-order valence-corrected chi connectivity index (χ1v) is 13.9. The quantitative estimate of drug-likeness (QED) is 0.191. The summed E-state index contributed by atoms with van der Waals surface area (Å²) < 4.78 is 15.0. The van der Waals surface area contributed by atoms with E-state index in [1.807, 2.05) is 53.7 Å². The van der Waals surface area contributed by atoms with E-state index in [1.54, 1.807) is 31.9 Å². The molecule has 13 heteroatoms. The summed E-state index contributed by atoms with van der Waals surface area (Å²) in [5.41, 5.74) is 5.94. The van der Waals surface area contributed by atoms with Gasteiger partial charge in [0.15, 0.2) is 10.3 Å². The number of nitrogens with two attached hydrogens (primary N) is 1. The second kappa shape index (κ2) is 14.1. The first-order chi connectivity index (χ1) is 17.5. The van der Waals surface area contributed by atoms with Crippen LogP contribution in [0.2, 0.25) is 0 Å². The number of aliphatic imine (C=N–C) groups is 1. The molecule has 0 saturated heterocycles. The van der Waals surface area contributed by atoms with Crippen molar-refractivity contribution in [3.8, 4) is 5.75 Å². The number of carbonyl (C=O) groups is 3. The minimum atomic E-state index is -1.02. The lowest BCUT2D eigenvalue weighted by molar-refractivity contribution is -0.136. The number of nitrogens with one attached hydrogen (secondary N) is 2. The molecule has 1 aromatic carbocycles. The van der Waals surface area contributed by atoms with Crippen molar-refractivity contribution in [1.82, 2.24) is 9.88 Å². The van der Waals surface area contributed by atoms with Crippen molar-refractivity contribution in [1.29, 1.82) is 5.41 Å². The molecule has 0 fully saturated rings. The van der Waals surface area contributed by atoms with E-state index >= 15 is 0 Å². The maximum Gasteiger partial charge on any atom is 0.443 e. The normalized spacial score (nSPS) is 11.8. The van der Waals surface area contributed by atoms with Gasteiger partial charge >= 0.3 is 18.2 Å². The highest BCUT2D eigenvalue weighted by molar-refractivity contribution is 8.13. The van der Waals surface area contributed by atoms with Crippen molar-refractivity contribution in [2.75, 3.05) is 19.6 Å². The molecule has 1 heterocycles. The molecule has 0 aliphatic carbocycles. The van der Waals surface area contributed by atoms with E-state index in [0.717, 1.165) is 22.7 Å². The monoisotopic (exact) mass is 567 g/mol. The first-order valence-electron chi connectivity index (χ1n) is 11.4. The van der Waals surface area contributed by atoms with Gasteiger partial charge in [-0.2, -0.15) is 4.99 Å². The van der Waals surface area contributed by atoms with Crippen molar-refractivity contribution in [2.24, 2.45) is 10.7 Å². The number of benzene rings is 1. The van der Waals surface area contributed by atoms with Crippen LogP contribution in [-0.4, -0.2) is 69.1 Å². The van der Waals surface area contributed by atoms with Crippen molar-refractivity contribution < 1.29 is 28.6 Å². The Balaban J connectivity index is 0.000000403. The van der Waals surface area contributed by atoms with E-state index in [4.69, 9.17) is 20.6 Å². The standard InChI is InChI=1S/C14H15N3O4S.C11H22N2O2S/c1-20-9-3-4-11-10(6-9)8(7-16-11)5-12(18)21-14(19)17-13(15)22-2;1-10(2,3)13(8(12)16-7)9(14)15-11(4,5)6/h3-4,6-7,16H,5H2,1-2H3,(H2,15,17,19);12H,1-7H3. The van der Waals surface area contributed by atoms with Gasteiger partial charge in [0.25, 0.3) is 0 Å². The number of amides is 2. The minimum Gasteiger partial charge on any atom is -0.497 e. The van der Waals surface area contributed by atoms with E-state index in [2.05, 4.69) is 14.7 Å². The van der Waals surface area contributed by atoms with Crippen LogP contribution in [0.3, 0.4) is 0 Å². The fourth-order valence-corrected chi connectivity index (χ4v) is 3.64. The highest BCUT2D eigenvalue weighted by atomic mass is 32.2. The number of nitrogens with zero attached hydrogens (tertiary/aromatic N) is 2. The largest absolute Gasteiger partial charge is 0.497 e. The lowest BCUT2D eigenvalue weighted by atomic mass is 10.1. The predicted octanol–water partition coefficient (Wildman–Crippen LogP) is 5.38. The second-order valence-corrected chi connectivity index (χ2v) is 11.4. The number of thioether (sulfide) groups is 2. The van der Waals surface area contributed by atoms with Gasteiger partial charge in [-0.15, -0.1) is 0 Å². The number of H-pyrrole nitrogens is 1. The molecule has 0 saturated carbocycles. The van der Waals surface area contributed by atoms with Gasteiger partial charge in [-0.05, 0) is 77.8 Å². The summed E-state index contributed by atoms with van der Waals surface area (Å²) in [5.74, 6) is -0.0264. The molecule has 4 N–H and O–H groups in total. The third-order valence-electron chi connectivity index (χ3n) is 4.56. The van der Waals surface area contributed by atoms with E-state index < -0.39 is 29.3 Å². The van der Waals surface area contributed by atoms with Crippen LogP contribution in [0.5, 0.6) is 5.75 Å². The third kappa shape index (κ3) is 10.7. The van der Waals surface area contributed by atoms with Gasteiger partial charge in [-0.1, -0.05) is 23.5 Å². The molecule has 0 aliphatic rings. The van der Waals surface area contributed by atoms with Crippen molar-refractivity contribution in [3.05, 3.63) is 30.0 Å². The van der Waals surface area contributed by atoms with Gasteiger partial charge in [-0.25, -0.2) is 9.59 Å². The Bertz CT molecular complexity index is 1180. The van der Waals surface area contributed by atoms with Gasteiger partial charge in [0.1, 0.15) is 11.4 Å². The maximum atomic E-state index is 12.0. The van der Waals surface area contributed by atoms with Gasteiger partial charge in [0, 0.05) is 22.6 Å². The Morgan fingerprint density at radius 1 is 1.11 bits per heavy atom. The van der Waals surface area contributed by atoms with E-state index in [1.165, 1.54) is 16.7 Å². The van der Waals surface area contributed by atoms with E-state index in [9.17, 15) is 14.4 Å². The Labute approximate surface area is 231 Å². The molecule has 0 atom stereocenters. The summed E-state index contributed by atoms with van der Waals surface area (Å²) in [4.78, 5) is 42.9. The zero-order valence-electron chi connectivity index (χ0n) is 23.3. The van der Waals surface area contributed by atoms with Crippen LogP contribution in [-0.2, 0) is 20.7 Å². The first kappa shape index (κ1) is 32.8. The summed E-state index contributed by atoms with van der Waals surface area (Å²) in [5, 5.41) is 8.84. The van der Waals surface area contributed by atoms with Crippen molar-refractivity contribution in [2.45, 2.75) is 59.1 Å². The summed E-state index contributed by atoms with van der Waals surface area (Å²) in [6, 6.07) is 5.46. The predicted molar refractivity (Wildman–Crippen MR) is 154 cm³/mol. The molecule has 0 unspecified atom stereocenters. The number of esters is 1. The second-order valence-electron chi connectivity index (χ2n) is 9.79. The zero-order valence-corrected chi connectivity index (χ0v) is 24.9. The van der Waals surface area contributed by atoms with Crippen molar-refractivity contribution >= 4 is 62.9 Å². The van der Waals surface area contributed by atoms with Gasteiger partial charge in [-0.3, -0.25) is 15.1 Å². The molecule has 2 amide bonds. The van der Waals surface area contributed by atoms with Crippen molar-refractivity contribution in [3.63, 3.8) is 0 Å². The number of fused-ring (bicyclic) bond motifs is 1. The lowest BCUT2D eigenvalue weighted by Crippen LogP contribution is -2.50. The molecular weight excluding hydrogens is 530 g/mol. The molecule has 0 bridgehead atoms. The summed E-state index contributed by atoms with van der Waals surface area (Å²) >= 11 is 2.31. The molecule has 0 radical (unpaired) electrons. The molecule has 210 valence electrons. The number of amidine groups is 2. The SMILES string of the molecule is COc1ccc2[nH]cc(CC(=O)OC(=O)N=C(N)SC)c2c1.CSC(=N)N(C(=O)OC(C)(C)C)C(C)(C)C. The molecule has 38 heavy (non-hydrogen) atoms. The Kier molecular flexibility index (Phi) is 12.2. The number of hydrogen-bond donors (Lipinski definition) is 3. The lowest BCUT2D eigenvalue weighted by Gasteiger charge is -2.35. The minimum absolute atomic E-state index is 0.0367. The maximum absolute atomic E-state index is 12.0. The molecule has 11 nitrogen and oxygen atoms in total. The number of hydrogen-bond acceptors (Lipinski definition) is 9. The van der Waals surface area contributed by atoms with E-state index in [0.29, 0.717) is 11.3 Å². The van der Waals surface area contributed by atoms with Crippen LogP contribution in [0.1, 0.15) is 47.1 Å². The third-order valence-corrected chi connectivity index (χ3v) is 5.64. The Morgan fingerprint density at radius 2 is 1.74 bits per heavy atom. The fraction of sp³-hybridized carbons (Fsp3) is 0.480.